The third-order valence-corrected chi connectivity index (χ3v) is 1.91. The first-order valence-corrected chi connectivity index (χ1v) is 4.23. The van der Waals surface area contributed by atoms with Crippen LogP contribution in [0.4, 0.5) is 4.39 Å². The molecule has 0 aliphatic rings. The summed E-state index contributed by atoms with van der Waals surface area (Å²) in [6, 6.07) is 3.06. The Bertz CT molecular complexity index is 315. The van der Waals surface area contributed by atoms with Crippen LogP contribution in [0.2, 0.25) is 5.02 Å². The number of nitrogens with zero attached hydrogens (tertiary/aromatic N) is 1. The monoisotopic (exact) mass is 203 g/mol. The van der Waals surface area contributed by atoms with Crippen molar-refractivity contribution < 1.29 is 9.60 Å². The predicted octanol–water partition coefficient (Wildman–Crippen LogP) is 2.61. The van der Waals surface area contributed by atoms with E-state index in [-0.39, 0.29) is 12.4 Å². The van der Waals surface area contributed by atoms with Crippen LogP contribution in [0.1, 0.15) is 11.1 Å². The Balaban J connectivity index is 3.05. The summed E-state index contributed by atoms with van der Waals surface area (Å²) in [5.41, 5.74) is 0.888. The lowest BCUT2D eigenvalue weighted by atomic mass is 10.1. The lowest BCUT2D eigenvalue weighted by molar-refractivity contribution is -0.0738. The molecule has 0 aromatic heterocycles. The Morgan fingerprint density at radius 2 is 2.15 bits per heavy atom. The number of hydrogen-bond acceptors (Lipinski definition) is 2. The third kappa shape index (κ3) is 2.66. The fourth-order valence-corrected chi connectivity index (χ4v) is 1.45. The summed E-state index contributed by atoms with van der Waals surface area (Å²) < 4.78 is 13.3. The van der Waals surface area contributed by atoms with Gasteiger partial charge >= 0.3 is 0 Å². The van der Waals surface area contributed by atoms with Crippen molar-refractivity contribution in [1.82, 2.24) is 5.06 Å². The Hall–Kier alpha value is -0.640. The van der Waals surface area contributed by atoms with Crippen molar-refractivity contribution >= 4 is 11.6 Å². The molecule has 0 unspecified atom stereocenters. The van der Waals surface area contributed by atoms with Crippen LogP contribution in [-0.4, -0.2) is 17.3 Å². The van der Waals surface area contributed by atoms with Crippen molar-refractivity contribution in [3.05, 3.63) is 34.1 Å². The van der Waals surface area contributed by atoms with Gasteiger partial charge in [-0.25, -0.2) is 4.39 Å². The first kappa shape index (κ1) is 10.4. The predicted molar refractivity (Wildman–Crippen MR) is 49.4 cm³/mol. The lowest BCUT2D eigenvalue weighted by Crippen LogP contribution is -2.13. The van der Waals surface area contributed by atoms with Gasteiger partial charge in [0.25, 0.3) is 0 Å². The summed E-state index contributed by atoms with van der Waals surface area (Å²) in [5.74, 6) is -0.315. The van der Waals surface area contributed by atoms with Crippen LogP contribution >= 0.6 is 11.6 Å². The van der Waals surface area contributed by atoms with Gasteiger partial charge in [-0.15, -0.1) is 0 Å². The van der Waals surface area contributed by atoms with E-state index in [1.807, 2.05) is 0 Å². The smallest absolute Gasteiger partial charge is 0.130 e. The van der Waals surface area contributed by atoms with E-state index >= 15 is 0 Å². The van der Waals surface area contributed by atoms with Gasteiger partial charge in [-0.3, -0.25) is 0 Å². The molecule has 0 saturated heterocycles. The summed E-state index contributed by atoms with van der Waals surface area (Å²) in [7, 11) is 1.45. The van der Waals surface area contributed by atoms with Crippen LogP contribution in [0.3, 0.4) is 0 Å². The van der Waals surface area contributed by atoms with Crippen molar-refractivity contribution in [3.63, 3.8) is 0 Å². The molecule has 1 rings (SSSR count). The summed E-state index contributed by atoms with van der Waals surface area (Å²) in [6.07, 6.45) is 0. The Morgan fingerprint density at radius 3 is 2.69 bits per heavy atom. The van der Waals surface area contributed by atoms with E-state index < -0.39 is 0 Å². The number of hydrogen-bond donors (Lipinski definition) is 1. The normalized spacial score (nSPS) is 10.9. The van der Waals surface area contributed by atoms with Crippen molar-refractivity contribution in [3.8, 4) is 0 Å². The maximum atomic E-state index is 13.3. The first-order valence-electron chi connectivity index (χ1n) is 3.85. The van der Waals surface area contributed by atoms with Gasteiger partial charge in [0.1, 0.15) is 5.82 Å². The molecule has 0 amide bonds. The number of aryl methyl sites for hydroxylation is 1. The number of rotatable bonds is 2. The van der Waals surface area contributed by atoms with Gasteiger partial charge in [-0.1, -0.05) is 11.6 Å². The average molecular weight is 204 g/mol. The topological polar surface area (TPSA) is 23.5 Å². The summed E-state index contributed by atoms with van der Waals surface area (Å²) in [6.45, 7) is 1.77. The Labute approximate surface area is 81.5 Å². The second-order valence-electron chi connectivity index (χ2n) is 3.01. The molecule has 4 heteroatoms. The van der Waals surface area contributed by atoms with Gasteiger partial charge in [0.15, 0.2) is 0 Å². The summed E-state index contributed by atoms with van der Waals surface area (Å²) in [5, 5.41) is 10.3. The zero-order valence-corrected chi connectivity index (χ0v) is 8.27. The molecule has 0 aliphatic carbocycles. The van der Waals surface area contributed by atoms with Crippen molar-refractivity contribution in [1.29, 1.82) is 0 Å². The first-order chi connectivity index (χ1) is 6.00. The maximum Gasteiger partial charge on any atom is 0.130 e. The lowest BCUT2D eigenvalue weighted by Gasteiger charge is -2.10. The minimum atomic E-state index is -0.315. The Morgan fingerprint density at radius 1 is 1.54 bits per heavy atom. The molecule has 0 heterocycles. The molecular formula is C9H11ClFNO. The molecule has 0 spiro atoms. The molecule has 0 radical (unpaired) electrons. The highest BCUT2D eigenvalue weighted by Gasteiger charge is 2.08. The number of benzene rings is 1. The molecule has 1 N–H and O–H groups in total. The number of hydroxylamine groups is 2. The van der Waals surface area contributed by atoms with Crippen LogP contribution in [0.15, 0.2) is 12.1 Å². The molecule has 72 valence electrons. The van der Waals surface area contributed by atoms with Crippen molar-refractivity contribution in [2.75, 3.05) is 7.05 Å². The summed E-state index contributed by atoms with van der Waals surface area (Å²) in [4.78, 5) is 0. The minimum absolute atomic E-state index is 0.132. The molecule has 0 aliphatic heterocycles. The van der Waals surface area contributed by atoms with E-state index in [2.05, 4.69) is 0 Å². The van der Waals surface area contributed by atoms with Crippen LogP contribution in [0, 0.1) is 12.7 Å². The van der Waals surface area contributed by atoms with Crippen LogP contribution in [-0.2, 0) is 6.54 Å². The van der Waals surface area contributed by atoms with E-state index in [1.165, 1.54) is 13.1 Å². The summed E-state index contributed by atoms with van der Waals surface area (Å²) >= 11 is 5.74. The average Bonchev–Trinajstić information content (AvgIpc) is 1.98. The third-order valence-electron chi connectivity index (χ3n) is 1.69. The van der Waals surface area contributed by atoms with Crippen molar-refractivity contribution in [2.45, 2.75) is 13.5 Å². The standard InChI is InChI=1S/C9H11ClFNO/c1-6-3-8(10)4-7(9(6)11)5-12(2)13/h3-4,13H,5H2,1-2H3. The second kappa shape index (κ2) is 4.05. The van der Waals surface area contributed by atoms with E-state index in [9.17, 15) is 4.39 Å². The zero-order valence-electron chi connectivity index (χ0n) is 7.51. The fourth-order valence-electron chi connectivity index (χ4n) is 1.16. The van der Waals surface area contributed by atoms with Gasteiger partial charge in [0.05, 0.1) is 6.54 Å². The highest BCUT2D eigenvalue weighted by molar-refractivity contribution is 6.30. The molecule has 2 nitrogen and oxygen atoms in total. The van der Waals surface area contributed by atoms with Gasteiger partial charge < -0.3 is 5.21 Å². The van der Waals surface area contributed by atoms with Gasteiger partial charge in [-0.05, 0) is 24.6 Å². The van der Waals surface area contributed by atoms with Crippen molar-refractivity contribution in [2.24, 2.45) is 0 Å². The number of halogens is 2. The molecule has 1 aromatic carbocycles. The quantitative estimate of drug-likeness (QED) is 0.747. The van der Waals surface area contributed by atoms with Crippen LogP contribution in [0.5, 0.6) is 0 Å². The van der Waals surface area contributed by atoms with Gasteiger partial charge in [-0.2, -0.15) is 5.06 Å². The second-order valence-corrected chi connectivity index (χ2v) is 3.45. The van der Waals surface area contributed by atoms with Gasteiger partial charge in [0.2, 0.25) is 0 Å². The van der Waals surface area contributed by atoms with Crippen LogP contribution < -0.4 is 0 Å². The molecule has 0 atom stereocenters. The largest absolute Gasteiger partial charge is 0.314 e. The SMILES string of the molecule is Cc1cc(Cl)cc(CN(C)O)c1F. The zero-order chi connectivity index (χ0) is 10.0. The van der Waals surface area contributed by atoms with E-state index in [4.69, 9.17) is 16.8 Å². The molecule has 0 bridgehead atoms. The van der Waals surface area contributed by atoms with E-state index in [1.54, 1.807) is 13.0 Å². The van der Waals surface area contributed by atoms with Gasteiger partial charge in [0, 0.05) is 17.6 Å². The fraction of sp³-hybridized carbons (Fsp3) is 0.333. The highest BCUT2D eigenvalue weighted by Crippen LogP contribution is 2.19. The van der Waals surface area contributed by atoms with E-state index in [0.717, 1.165) is 5.06 Å². The molecule has 1 aromatic rings. The molecular weight excluding hydrogens is 193 g/mol. The molecule has 13 heavy (non-hydrogen) atoms. The van der Waals surface area contributed by atoms with Crippen LogP contribution in [0.25, 0.3) is 0 Å². The molecule has 0 saturated carbocycles. The maximum absolute atomic E-state index is 13.3. The Kier molecular flexibility index (Phi) is 3.25. The highest BCUT2D eigenvalue weighted by atomic mass is 35.5. The minimum Gasteiger partial charge on any atom is -0.314 e. The molecule has 0 fully saturated rings. The van der Waals surface area contributed by atoms with E-state index in [0.29, 0.717) is 16.1 Å².